The van der Waals surface area contributed by atoms with E-state index in [-0.39, 0.29) is 5.69 Å². The van der Waals surface area contributed by atoms with Crippen molar-refractivity contribution in [2.75, 3.05) is 13.7 Å². The van der Waals surface area contributed by atoms with Gasteiger partial charge in [-0.05, 0) is 73.9 Å². The number of nitrogens with zero attached hydrogens (tertiary/aromatic N) is 3. The van der Waals surface area contributed by atoms with Gasteiger partial charge in [-0.2, -0.15) is 5.10 Å². The molecule has 0 aliphatic carbocycles. The van der Waals surface area contributed by atoms with Gasteiger partial charge in [0.25, 0.3) is 5.91 Å². The minimum atomic E-state index is -0.436. The zero-order chi connectivity index (χ0) is 22.2. The first-order valence-electron chi connectivity index (χ1n) is 10.1. The summed E-state index contributed by atoms with van der Waals surface area (Å²) >= 11 is 0. The molecule has 31 heavy (non-hydrogen) atoms. The highest BCUT2D eigenvalue weighted by Gasteiger charge is 2.12. The van der Waals surface area contributed by atoms with E-state index < -0.39 is 5.91 Å². The van der Waals surface area contributed by atoms with Crippen LogP contribution in [-0.4, -0.2) is 35.8 Å². The fourth-order valence-electron chi connectivity index (χ4n) is 3.01. The molecule has 3 rings (SSSR count). The van der Waals surface area contributed by atoms with Gasteiger partial charge in [0, 0.05) is 5.56 Å². The minimum Gasteiger partial charge on any atom is -0.497 e. The van der Waals surface area contributed by atoms with Gasteiger partial charge in [0.15, 0.2) is 0 Å². The SMILES string of the molecule is CCOc1ccc(-c2nc(C(=O)N/N=C/c3cc(CC)cc(OC)c3)cnc2C)cc1. The maximum atomic E-state index is 12.5. The average Bonchev–Trinajstić information content (AvgIpc) is 2.80. The molecule has 0 spiro atoms. The van der Waals surface area contributed by atoms with Gasteiger partial charge >= 0.3 is 0 Å². The molecule has 1 heterocycles. The molecule has 0 aliphatic rings. The molecule has 1 N–H and O–H groups in total. The molecular weight excluding hydrogens is 392 g/mol. The molecule has 3 aromatic rings. The van der Waals surface area contributed by atoms with Crippen molar-refractivity contribution in [3.8, 4) is 22.8 Å². The third-order valence-corrected chi connectivity index (χ3v) is 4.64. The number of amides is 1. The number of hydrogen-bond donors (Lipinski definition) is 1. The number of hydrazone groups is 1. The lowest BCUT2D eigenvalue weighted by Gasteiger charge is -2.08. The Morgan fingerprint density at radius 1 is 1.13 bits per heavy atom. The predicted octanol–water partition coefficient (Wildman–Crippen LogP) is 4.19. The lowest BCUT2D eigenvalue weighted by atomic mass is 10.1. The van der Waals surface area contributed by atoms with Crippen molar-refractivity contribution < 1.29 is 14.3 Å². The largest absolute Gasteiger partial charge is 0.497 e. The lowest BCUT2D eigenvalue weighted by molar-refractivity contribution is 0.0950. The number of aromatic nitrogens is 2. The van der Waals surface area contributed by atoms with Gasteiger partial charge in [-0.25, -0.2) is 10.4 Å². The second kappa shape index (κ2) is 10.3. The fraction of sp³-hybridized carbons (Fsp3) is 0.250. The van der Waals surface area contributed by atoms with Gasteiger partial charge in [0.05, 0.1) is 37.5 Å². The predicted molar refractivity (Wildman–Crippen MR) is 121 cm³/mol. The first-order valence-corrected chi connectivity index (χ1v) is 10.1. The highest BCUT2D eigenvalue weighted by molar-refractivity contribution is 5.93. The average molecular weight is 418 g/mol. The van der Waals surface area contributed by atoms with Gasteiger partial charge in [-0.15, -0.1) is 0 Å². The molecule has 0 saturated heterocycles. The molecule has 2 aromatic carbocycles. The number of carbonyl (C=O) groups excluding carboxylic acids is 1. The Hall–Kier alpha value is -3.74. The summed E-state index contributed by atoms with van der Waals surface area (Å²) in [5.41, 5.74) is 6.88. The summed E-state index contributed by atoms with van der Waals surface area (Å²) in [6.07, 6.45) is 3.89. The summed E-state index contributed by atoms with van der Waals surface area (Å²) < 4.78 is 10.8. The normalized spacial score (nSPS) is 10.8. The Labute approximate surface area is 182 Å². The zero-order valence-corrected chi connectivity index (χ0v) is 18.2. The Bertz CT molecular complexity index is 1060. The molecule has 160 valence electrons. The summed E-state index contributed by atoms with van der Waals surface area (Å²) in [5, 5.41) is 4.06. The number of rotatable bonds is 8. The molecule has 0 saturated carbocycles. The molecule has 7 heteroatoms. The van der Waals surface area contributed by atoms with E-state index in [0.717, 1.165) is 40.3 Å². The van der Waals surface area contributed by atoms with E-state index in [4.69, 9.17) is 9.47 Å². The number of methoxy groups -OCH3 is 1. The molecule has 0 unspecified atom stereocenters. The highest BCUT2D eigenvalue weighted by Crippen LogP contribution is 2.23. The van der Waals surface area contributed by atoms with Crippen molar-refractivity contribution >= 4 is 12.1 Å². The van der Waals surface area contributed by atoms with Crippen LogP contribution in [-0.2, 0) is 6.42 Å². The van der Waals surface area contributed by atoms with Crippen LogP contribution in [0.25, 0.3) is 11.3 Å². The minimum absolute atomic E-state index is 0.187. The maximum absolute atomic E-state index is 12.5. The van der Waals surface area contributed by atoms with E-state index in [2.05, 4.69) is 27.4 Å². The third kappa shape index (κ3) is 5.66. The molecule has 7 nitrogen and oxygen atoms in total. The summed E-state index contributed by atoms with van der Waals surface area (Å²) in [4.78, 5) is 21.4. The van der Waals surface area contributed by atoms with Crippen LogP contribution in [0.3, 0.4) is 0 Å². The number of carbonyl (C=O) groups is 1. The van der Waals surface area contributed by atoms with Crippen LogP contribution >= 0.6 is 0 Å². The molecule has 1 aromatic heterocycles. The van der Waals surface area contributed by atoms with Crippen molar-refractivity contribution in [2.45, 2.75) is 27.2 Å². The van der Waals surface area contributed by atoms with Gasteiger partial charge in [-0.1, -0.05) is 6.92 Å². The van der Waals surface area contributed by atoms with E-state index in [1.165, 1.54) is 6.20 Å². The van der Waals surface area contributed by atoms with Gasteiger partial charge in [-0.3, -0.25) is 9.78 Å². The summed E-state index contributed by atoms with van der Waals surface area (Å²) in [7, 11) is 1.62. The topological polar surface area (TPSA) is 85.7 Å². The molecule has 1 amide bonds. The van der Waals surface area contributed by atoms with Crippen LogP contribution in [0.4, 0.5) is 0 Å². The van der Waals surface area contributed by atoms with Crippen LogP contribution in [0.5, 0.6) is 11.5 Å². The number of hydrogen-bond acceptors (Lipinski definition) is 6. The summed E-state index contributed by atoms with van der Waals surface area (Å²) in [6, 6.07) is 13.4. The summed E-state index contributed by atoms with van der Waals surface area (Å²) in [6.45, 7) is 6.46. The van der Waals surface area contributed by atoms with Crippen molar-refractivity contribution in [3.05, 3.63) is 71.2 Å². The van der Waals surface area contributed by atoms with Gasteiger partial charge < -0.3 is 9.47 Å². The monoisotopic (exact) mass is 418 g/mol. The van der Waals surface area contributed by atoms with Crippen molar-refractivity contribution in [1.29, 1.82) is 0 Å². The van der Waals surface area contributed by atoms with Gasteiger partial charge in [0.1, 0.15) is 17.2 Å². The Kier molecular flexibility index (Phi) is 7.32. The quantitative estimate of drug-likeness (QED) is 0.438. The van der Waals surface area contributed by atoms with E-state index in [9.17, 15) is 4.79 Å². The van der Waals surface area contributed by atoms with Crippen LogP contribution in [0.2, 0.25) is 0 Å². The van der Waals surface area contributed by atoms with Crippen LogP contribution < -0.4 is 14.9 Å². The molecular formula is C24H26N4O3. The van der Waals surface area contributed by atoms with Crippen LogP contribution in [0.15, 0.2) is 53.8 Å². The number of nitrogens with one attached hydrogen (secondary N) is 1. The second-order valence-corrected chi connectivity index (χ2v) is 6.81. The molecule has 0 atom stereocenters. The lowest BCUT2D eigenvalue weighted by Crippen LogP contribution is -2.20. The number of ether oxygens (including phenoxy) is 2. The molecule has 0 fully saturated rings. The molecule has 0 bridgehead atoms. The molecule has 0 aliphatic heterocycles. The number of aryl methyl sites for hydroxylation is 2. The Morgan fingerprint density at radius 3 is 2.58 bits per heavy atom. The van der Waals surface area contributed by atoms with Crippen molar-refractivity contribution in [2.24, 2.45) is 5.10 Å². The molecule has 0 radical (unpaired) electrons. The van der Waals surface area contributed by atoms with Crippen LogP contribution in [0, 0.1) is 6.92 Å². The van der Waals surface area contributed by atoms with E-state index >= 15 is 0 Å². The van der Waals surface area contributed by atoms with Crippen LogP contribution in [0.1, 0.15) is 41.2 Å². The van der Waals surface area contributed by atoms with E-state index in [1.54, 1.807) is 13.3 Å². The van der Waals surface area contributed by atoms with Crippen molar-refractivity contribution in [3.63, 3.8) is 0 Å². The van der Waals surface area contributed by atoms with Crippen molar-refractivity contribution in [1.82, 2.24) is 15.4 Å². The third-order valence-electron chi connectivity index (χ3n) is 4.64. The first kappa shape index (κ1) is 22.0. The smallest absolute Gasteiger partial charge is 0.291 e. The van der Waals surface area contributed by atoms with E-state index in [1.807, 2.05) is 56.3 Å². The van der Waals surface area contributed by atoms with Gasteiger partial charge in [0.2, 0.25) is 0 Å². The summed E-state index contributed by atoms with van der Waals surface area (Å²) in [5.74, 6) is 1.09. The number of benzene rings is 2. The highest BCUT2D eigenvalue weighted by atomic mass is 16.5. The zero-order valence-electron chi connectivity index (χ0n) is 18.2. The Morgan fingerprint density at radius 2 is 1.90 bits per heavy atom. The van der Waals surface area contributed by atoms with E-state index in [0.29, 0.717) is 12.3 Å². The first-order chi connectivity index (χ1) is 15.0. The fourth-order valence-corrected chi connectivity index (χ4v) is 3.01. The standard InChI is InChI=1S/C24H26N4O3/c1-5-17-11-18(13-21(12-17)30-4)14-26-28-24(29)22-15-25-16(3)23(27-22)19-7-9-20(10-8-19)31-6-2/h7-15H,5-6H2,1-4H3,(H,28,29)/b26-14+. The second-order valence-electron chi connectivity index (χ2n) is 6.81. The maximum Gasteiger partial charge on any atom is 0.291 e. The Balaban J connectivity index is 1.75.